The number of rotatable bonds is 8. The molecule has 0 bridgehead atoms. The van der Waals surface area contributed by atoms with Crippen LogP contribution in [0.4, 0.5) is 0 Å². The molecule has 0 amide bonds. The second-order valence-corrected chi connectivity index (χ2v) is 11.0. The van der Waals surface area contributed by atoms with Gasteiger partial charge in [0.25, 0.3) is 0 Å². The molecule has 7 rings (SSSR count). The van der Waals surface area contributed by atoms with E-state index in [-0.39, 0.29) is 21.1 Å². The van der Waals surface area contributed by atoms with Crippen LogP contribution in [0.25, 0.3) is 44.4 Å². The maximum Gasteiger partial charge on any atom is 2.00 e. The van der Waals surface area contributed by atoms with Gasteiger partial charge in [0.15, 0.2) is 0 Å². The van der Waals surface area contributed by atoms with Crippen LogP contribution in [-0.4, -0.2) is 26.4 Å². The smallest absolute Gasteiger partial charge is 0.509 e. The van der Waals surface area contributed by atoms with Crippen molar-refractivity contribution in [1.82, 2.24) is 19.3 Å². The van der Waals surface area contributed by atoms with Crippen LogP contribution in [-0.2, 0) is 27.5 Å². The van der Waals surface area contributed by atoms with Gasteiger partial charge in [-0.05, 0) is 65.7 Å². The molecule has 0 aliphatic heterocycles. The van der Waals surface area contributed by atoms with Crippen LogP contribution in [0.5, 0.6) is 17.2 Å². The second kappa shape index (κ2) is 12.7. The number of aromatic nitrogens is 4. The Bertz CT molecular complexity index is 2120. The third-order valence-electron chi connectivity index (χ3n) is 7.96. The SMILES string of the molecule is CCCc1cc(C)c(-c2cnn(-c3[c-]c(Oc4[c-]c5c(cc4)c4ccccc4n5-c4cc(OC)ccn4)ccc3)c2)c(C)c1.[Pt+2]. The van der Waals surface area contributed by atoms with Crippen molar-refractivity contribution in [3.63, 3.8) is 0 Å². The average Bonchev–Trinajstić information content (AvgIpc) is 3.64. The van der Waals surface area contributed by atoms with Crippen molar-refractivity contribution in [2.45, 2.75) is 33.6 Å². The van der Waals surface area contributed by atoms with Crippen LogP contribution < -0.4 is 9.47 Å². The first kappa shape index (κ1) is 30.4. The minimum atomic E-state index is 0. The largest absolute Gasteiger partial charge is 2.00 e. The second-order valence-electron chi connectivity index (χ2n) is 11.0. The Morgan fingerprint density at radius 1 is 0.844 bits per heavy atom. The maximum absolute atomic E-state index is 6.34. The van der Waals surface area contributed by atoms with Gasteiger partial charge in [-0.2, -0.15) is 17.2 Å². The Morgan fingerprint density at radius 3 is 2.44 bits per heavy atom. The zero-order chi connectivity index (χ0) is 30.2. The summed E-state index contributed by atoms with van der Waals surface area (Å²) in [7, 11) is 1.66. The van der Waals surface area contributed by atoms with E-state index in [1.54, 1.807) is 13.3 Å². The first-order chi connectivity index (χ1) is 21.5. The zero-order valence-electron chi connectivity index (χ0n) is 25.6. The van der Waals surface area contributed by atoms with Crippen LogP contribution in [0.3, 0.4) is 0 Å². The van der Waals surface area contributed by atoms with E-state index in [4.69, 9.17) is 9.47 Å². The fourth-order valence-electron chi connectivity index (χ4n) is 6.09. The summed E-state index contributed by atoms with van der Waals surface area (Å²) < 4.78 is 15.8. The molecule has 4 aromatic carbocycles. The van der Waals surface area contributed by atoms with Crippen LogP contribution in [0.2, 0.25) is 0 Å². The van der Waals surface area contributed by atoms with E-state index in [9.17, 15) is 0 Å². The summed E-state index contributed by atoms with van der Waals surface area (Å²) in [5.74, 6) is 2.64. The van der Waals surface area contributed by atoms with E-state index < -0.39 is 0 Å². The van der Waals surface area contributed by atoms with Crippen molar-refractivity contribution in [3.05, 3.63) is 126 Å². The quantitative estimate of drug-likeness (QED) is 0.145. The third-order valence-corrected chi connectivity index (χ3v) is 7.96. The molecule has 7 heteroatoms. The molecule has 0 atom stereocenters. The minimum Gasteiger partial charge on any atom is -0.509 e. The van der Waals surface area contributed by atoms with E-state index >= 15 is 0 Å². The first-order valence-corrected chi connectivity index (χ1v) is 14.8. The molecule has 7 aromatic rings. The summed E-state index contributed by atoms with van der Waals surface area (Å²) in [5, 5.41) is 6.85. The number of methoxy groups -OCH3 is 1. The summed E-state index contributed by atoms with van der Waals surface area (Å²) in [6.45, 7) is 6.57. The van der Waals surface area contributed by atoms with E-state index in [2.05, 4.69) is 84.1 Å². The molecule has 6 nitrogen and oxygen atoms in total. The summed E-state index contributed by atoms with van der Waals surface area (Å²) in [6.07, 6.45) is 7.96. The van der Waals surface area contributed by atoms with Crippen molar-refractivity contribution in [2.24, 2.45) is 0 Å². The molecule has 3 heterocycles. The zero-order valence-corrected chi connectivity index (χ0v) is 27.8. The molecule has 226 valence electrons. The first-order valence-electron chi connectivity index (χ1n) is 14.8. The van der Waals surface area contributed by atoms with Crippen molar-refractivity contribution in [2.75, 3.05) is 7.11 Å². The van der Waals surface area contributed by atoms with Gasteiger partial charge in [0.2, 0.25) is 0 Å². The molecule has 0 fully saturated rings. The summed E-state index contributed by atoms with van der Waals surface area (Å²) in [6, 6.07) is 33.3. The van der Waals surface area contributed by atoms with Gasteiger partial charge in [-0.15, -0.1) is 35.7 Å². The van der Waals surface area contributed by atoms with Crippen molar-refractivity contribution >= 4 is 21.8 Å². The molecule has 0 aliphatic rings. The molecule has 0 saturated carbocycles. The molecule has 0 spiro atoms. The number of aryl methyl sites for hydroxylation is 3. The minimum absolute atomic E-state index is 0. The Morgan fingerprint density at radius 2 is 1.64 bits per heavy atom. The molecular weight excluding hydrogens is 740 g/mol. The van der Waals surface area contributed by atoms with Crippen molar-refractivity contribution < 1.29 is 30.5 Å². The number of fused-ring (bicyclic) bond motifs is 3. The van der Waals surface area contributed by atoms with Gasteiger partial charge in [-0.1, -0.05) is 49.2 Å². The standard InChI is InChI=1S/C38H32N4O2.Pt/c1-5-9-27-18-25(2)38(26(3)19-27)28-23-40-41(24-28)29-10-8-11-31(20-29)44-32-14-15-34-33-12-6-7-13-35(33)42(36(34)21-32)37-22-30(43-4)16-17-39-37;/h6-8,10-19,22-24H,5,9H2,1-4H3;/q-2;+2. The van der Waals surface area contributed by atoms with Crippen LogP contribution in [0, 0.1) is 26.0 Å². The van der Waals surface area contributed by atoms with E-state index in [0.29, 0.717) is 11.5 Å². The fraction of sp³-hybridized carbons (Fsp3) is 0.158. The monoisotopic (exact) mass is 771 g/mol. The molecule has 0 saturated heterocycles. The molecular formula is C38H32N4O2Pt. The Labute approximate surface area is 277 Å². The van der Waals surface area contributed by atoms with E-state index in [0.717, 1.165) is 57.5 Å². The van der Waals surface area contributed by atoms with E-state index in [1.165, 1.54) is 22.3 Å². The van der Waals surface area contributed by atoms with Crippen LogP contribution >= 0.6 is 0 Å². The van der Waals surface area contributed by atoms with Gasteiger partial charge in [-0.25, -0.2) is 4.98 Å². The van der Waals surface area contributed by atoms with Gasteiger partial charge < -0.3 is 14.0 Å². The summed E-state index contributed by atoms with van der Waals surface area (Å²) in [5.41, 5.74) is 8.92. The van der Waals surface area contributed by atoms with Gasteiger partial charge in [0.1, 0.15) is 11.6 Å². The number of benzene rings is 4. The average molecular weight is 772 g/mol. The number of nitrogens with zero attached hydrogens (tertiary/aromatic N) is 4. The molecule has 0 aliphatic carbocycles. The van der Waals surface area contributed by atoms with Gasteiger partial charge >= 0.3 is 21.1 Å². The molecule has 0 unspecified atom stereocenters. The number of hydrogen-bond acceptors (Lipinski definition) is 4. The van der Waals surface area contributed by atoms with Gasteiger partial charge in [0.05, 0.1) is 13.3 Å². The number of hydrogen-bond donors (Lipinski definition) is 0. The third kappa shape index (κ3) is 5.79. The van der Waals surface area contributed by atoms with Gasteiger partial charge in [0, 0.05) is 41.0 Å². The molecule has 3 aromatic heterocycles. The predicted octanol–water partition coefficient (Wildman–Crippen LogP) is 9.00. The summed E-state index contributed by atoms with van der Waals surface area (Å²) >= 11 is 0. The van der Waals surface area contributed by atoms with E-state index in [1.807, 2.05) is 59.4 Å². The van der Waals surface area contributed by atoms with Crippen LogP contribution in [0.1, 0.15) is 30.0 Å². The number of pyridine rings is 1. The normalized spacial score (nSPS) is 11.1. The molecule has 45 heavy (non-hydrogen) atoms. The number of para-hydroxylation sites is 1. The van der Waals surface area contributed by atoms with Gasteiger partial charge in [-0.3, -0.25) is 4.68 Å². The predicted molar refractivity (Wildman–Crippen MR) is 175 cm³/mol. The number of ether oxygens (including phenoxy) is 2. The topological polar surface area (TPSA) is 54.1 Å². The maximum atomic E-state index is 6.34. The Hall–Kier alpha value is -4.67. The van der Waals surface area contributed by atoms with Crippen LogP contribution in [0.15, 0.2) is 97.5 Å². The fourth-order valence-corrected chi connectivity index (χ4v) is 6.09. The van der Waals surface area contributed by atoms with Crippen molar-refractivity contribution in [1.29, 1.82) is 0 Å². The van der Waals surface area contributed by atoms with Crippen molar-refractivity contribution in [3.8, 4) is 39.9 Å². The molecule has 0 radical (unpaired) electrons. The molecule has 0 N–H and O–H groups in total. The Balaban J connectivity index is 0.00000357. The Kier molecular flexibility index (Phi) is 8.60. The summed E-state index contributed by atoms with van der Waals surface area (Å²) in [4.78, 5) is 4.64.